The van der Waals surface area contributed by atoms with Crippen molar-refractivity contribution in [1.29, 1.82) is 0 Å². The summed E-state index contributed by atoms with van der Waals surface area (Å²) in [6, 6.07) is 9.50. The van der Waals surface area contributed by atoms with Crippen molar-refractivity contribution >= 4 is 5.91 Å². The smallest absolute Gasteiger partial charge is 0.263 e. The Bertz CT molecular complexity index is 386. The highest BCUT2D eigenvalue weighted by molar-refractivity contribution is 5.81. The maximum absolute atomic E-state index is 12.2. The standard InChI is InChI=1S/C14H20N2O2/c1-12(18-13-6-4-3-5-7-13)14(17)16-10-8-15(2)9-11-16/h3-7,12H,8-11H2,1-2H3/p+1/t12-/m1/s1. The van der Waals surface area contributed by atoms with E-state index in [1.807, 2.05) is 42.2 Å². The second-order valence-corrected chi connectivity index (χ2v) is 4.86. The number of hydrogen-bond acceptors (Lipinski definition) is 2. The topological polar surface area (TPSA) is 34.0 Å². The van der Waals surface area contributed by atoms with Gasteiger partial charge in [-0.05, 0) is 19.1 Å². The van der Waals surface area contributed by atoms with Gasteiger partial charge in [0.2, 0.25) is 0 Å². The number of nitrogens with one attached hydrogen (secondary N) is 1. The summed E-state index contributed by atoms with van der Waals surface area (Å²) in [6.07, 6.45) is -0.411. The normalized spacial score (nSPS) is 18.4. The molecule has 0 aromatic heterocycles. The van der Waals surface area contributed by atoms with Gasteiger partial charge in [0.05, 0.1) is 33.2 Å². The van der Waals surface area contributed by atoms with Crippen molar-refractivity contribution < 1.29 is 14.4 Å². The van der Waals surface area contributed by atoms with Crippen LogP contribution in [0.1, 0.15) is 6.92 Å². The van der Waals surface area contributed by atoms with Gasteiger partial charge in [0.15, 0.2) is 6.10 Å². The number of benzene rings is 1. The maximum Gasteiger partial charge on any atom is 0.263 e. The van der Waals surface area contributed by atoms with Crippen LogP contribution in [-0.2, 0) is 4.79 Å². The summed E-state index contributed by atoms with van der Waals surface area (Å²) in [5, 5.41) is 0. The first-order valence-electron chi connectivity index (χ1n) is 6.48. The number of rotatable bonds is 3. The van der Waals surface area contributed by atoms with E-state index in [0.29, 0.717) is 0 Å². The van der Waals surface area contributed by atoms with E-state index in [9.17, 15) is 4.79 Å². The second kappa shape index (κ2) is 5.87. The van der Waals surface area contributed by atoms with Gasteiger partial charge in [-0.15, -0.1) is 0 Å². The van der Waals surface area contributed by atoms with Crippen LogP contribution < -0.4 is 9.64 Å². The van der Waals surface area contributed by atoms with Gasteiger partial charge in [-0.1, -0.05) is 18.2 Å². The van der Waals surface area contributed by atoms with Crippen LogP contribution in [-0.4, -0.2) is 50.1 Å². The van der Waals surface area contributed by atoms with Crippen molar-refractivity contribution in [2.75, 3.05) is 33.2 Å². The molecule has 1 aliphatic rings. The zero-order chi connectivity index (χ0) is 13.0. The van der Waals surface area contributed by atoms with Crippen LogP contribution in [0.5, 0.6) is 5.75 Å². The summed E-state index contributed by atoms with van der Waals surface area (Å²) in [4.78, 5) is 15.6. The average Bonchev–Trinajstić information content (AvgIpc) is 2.40. The van der Waals surface area contributed by atoms with Crippen molar-refractivity contribution in [3.8, 4) is 5.75 Å². The number of carbonyl (C=O) groups is 1. The largest absolute Gasteiger partial charge is 0.481 e. The van der Waals surface area contributed by atoms with Crippen LogP contribution >= 0.6 is 0 Å². The third-order valence-corrected chi connectivity index (χ3v) is 3.33. The highest BCUT2D eigenvalue weighted by atomic mass is 16.5. The van der Waals surface area contributed by atoms with Gasteiger partial charge < -0.3 is 14.5 Å². The summed E-state index contributed by atoms with van der Waals surface area (Å²) >= 11 is 0. The fourth-order valence-corrected chi connectivity index (χ4v) is 2.12. The van der Waals surface area contributed by atoms with E-state index >= 15 is 0 Å². The van der Waals surface area contributed by atoms with Gasteiger partial charge in [0.1, 0.15) is 5.75 Å². The summed E-state index contributed by atoms with van der Waals surface area (Å²) < 4.78 is 5.66. The first-order valence-corrected chi connectivity index (χ1v) is 6.48. The Morgan fingerprint density at radius 3 is 2.50 bits per heavy atom. The molecule has 0 unspecified atom stereocenters. The highest BCUT2D eigenvalue weighted by Crippen LogP contribution is 2.12. The molecule has 4 heteroatoms. The van der Waals surface area contributed by atoms with Gasteiger partial charge >= 0.3 is 0 Å². The SMILES string of the molecule is C[C@@H](Oc1ccccc1)C(=O)N1CC[NH+](C)CC1. The average molecular weight is 249 g/mol. The second-order valence-electron chi connectivity index (χ2n) is 4.86. The van der Waals surface area contributed by atoms with Crippen LogP contribution in [0, 0.1) is 0 Å². The van der Waals surface area contributed by atoms with Crippen molar-refractivity contribution in [2.24, 2.45) is 0 Å². The number of hydrogen-bond donors (Lipinski definition) is 1. The van der Waals surface area contributed by atoms with E-state index < -0.39 is 6.10 Å². The lowest BCUT2D eigenvalue weighted by atomic mass is 10.2. The van der Waals surface area contributed by atoms with Gasteiger partial charge in [0, 0.05) is 0 Å². The summed E-state index contributed by atoms with van der Waals surface area (Å²) in [7, 11) is 2.16. The molecule has 1 saturated heterocycles. The van der Waals surface area contributed by atoms with E-state index in [0.717, 1.165) is 31.9 Å². The number of piperazine rings is 1. The number of ether oxygens (including phenoxy) is 1. The zero-order valence-electron chi connectivity index (χ0n) is 11.1. The monoisotopic (exact) mass is 249 g/mol. The van der Waals surface area contributed by atoms with Gasteiger partial charge in [0.25, 0.3) is 5.91 Å². The van der Waals surface area contributed by atoms with E-state index in [-0.39, 0.29) is 5.91 Å². The molecule has 1 aliphatic heterocycles. The number of quaternary nitrogens is 1. The fraction of sp³-hybridized carbons (Fsp3) is 0.500. The van der Waals surface area contributed by atoms with Crippen LogP contribution in [0.2, 0.25) is 0 Å². The Labute approximate surface area is 108 Å². The van der Waals surface area contributed by atoms with Crippen LogP contribution in [0.15, 0.2) is 30.3 Å². The Hall–Kier alpha value is -1.55. The number of amides is 1. The van der Waals surface area contributed by atoms with E-state index in [4.69, 9.17) is 4.74 Å². The number of carbonyl (C=O) groups excluding carboxylic acids is 1. The Kier molecular flexibility index (Phi) is 4.20. The molecule has 0 aliphatic carbocycles. The minimum Gasteiger partial charge on any atom is -0.481 e. The molecule has 1 N–H and O–H groups in total. The van der Waals surface area contributed by atoms with Crippen molar-refractivity contribution in [3.05, 3.63) is 30.3 Å². The predicted molar refractivity (Wildman–Crippen MR) is 69.7 cm³/mol. The molecule has 0 saturated carbocycles. The van der Waals surface area contributed by atoms with Gasteiger partial charge in [-0.2, -0.15) is 0 Å². The van der Waals surface area contributed by atoms with Crippen LogP contribution in [0.4, 0.5) is 0 Å². The quantitative estimate of drug-likeness (QED) is 0.806. The molecule has 0 bridgehead atoms. The lowest BCUT2D eigenvalue weighted by molar-refractivity contribution is -0.883. The molecule has 4 nitrogen and oxygen atoms in total. The summed E-state index contributed by atoms with van der Waals surface area (Å²) in [5.74, 6) is 0.837. The summed E-state index contributed by atoms with van der Waals surface area (Å²) in [5.41, 5.74) is 0. The van der Waals surface area contributed by atoms with E-state index in [1.54, 1.807) is 0 Å². The molecule has 1 fully saturated rings. The lowest BCUT2D eigenvalue weighted by Gasteiger charge is -2.31. The molecule has 1 aromatic carbocycles. The van der Waals surface area contributed by atoms with Gasteiger partial charge in [-0.3, -0.25) is 4.79 Å². The minimum atomic E-state index is -0.411. The lowest BCUT2D eigenvalue weighted by Crippen LogP contribution is -3.12. The molecule has 98 valence electrons. The number of para-hydroxylation sites is 1. The number of likely N-dealkylation sites (N-methyl/N-ethyl adjacent to an activating group) is 1. The molecule has 1 heterocycles. The molecular formula is C14H21N2O2+. The Balaban J connectivity index is 1.89. The van der Waals surface area contributed by atoms with E-state index in [1.165, 1.54) is 4.90 Å². The van der Waals surface area contributed by atoms with E-state index in [2.05, 4.69) is 7.05 Å². The van der Waals surface area contributed by atoms with Crippen LogP contribution in [0.3, 0.4) is 0 Å². The first kappa shape index (κ1) is 12.9. The predicted octanol–water partition coefficient (Wildman–Crippen LogP) is -0.189. The van der Waals surface area contributed by atoms with Crippen molar-refractivity contribution in [3.63, 3.8) is 0 Å². The minimum absolute atomic E-state index is 0.0892. The molecule has 0 radical (unpaired) electrons. The third-order valence-electron chi connectivity index (χ3n) is 3.33. The summed E-state index contributed by atoms with van der Waals surface area (Å²) in [6.45, 7) is 5.51. The zero-order valence-corrected chi connectivity index (χ0v) is 11.1. The molecule has 1 aromatic rings. The maximum atomic E-state index is 12.2. The molecule has 0 spiro atoms. The van der Waals surface area contributed by atoms with Gasteiger partial charge in [-0.25, -0.2) is 0 Å². The molecule has 1 atom stereocenters. The van der Waals surface area contributed by atoms with Crippen molar-refractivity contribution in [2.45, 2.75) is 13.0 Å². The Morgan fingerprint density at radius 2 is 1.89 bits per heavy atom. The fourth-order valence-electron chi connectivity index (χ4n) is 2.12. The number of nitrogens with zero attached hydrogens (tertiary/aromatic N) is 1. The first-order chi connectivity index (χ1) is 8.66. The van der Waals surface area contributed by atoms with Crippen molar-refractivity contribution in [1.82, 2.24) is 4.90 Å². The molecule has 2 rings (SSSR count). The molecule has 1 amide bonds. The third kappa shape index (κ3) is 3.23. The van der Waals surface area contributed by atoms with Crippen LogP contribution in [0.25, 0.3) is 0 Å². The molecular weight excluding hydrogens is 228 g/mol. The Morgan fingerprint density at radius 1 is 1.28 bits per heavy atom. The highest BCUT2D eigenvalue weighted by Gasteiger charge is 2.26. The molecule has 18 heavy (non-hydrogen) atoms.